The molecule has 0 saturated carbocycles. The highest BCUT2D eigenvalue weighted by Crippen LogP contribution is 2.14. The summed E-state index contributed by atoms with van der Waals surface area (Å²) >= 11 is 0. The number of aryl methyl sites for hydroxylation is 1. The van der Waals surface area contributed by atoms with E-state index < -0.39 is 0 Å². The van der Waals surface area contributed by atoms with Gasteiger partial charge in [-0.25, -0.2) is 0 Å². The minimum Gasteiger partial charge on any atom is -0.373 e. The number of nitrogens with zero attached hydrogens (tertiary/aromatic N) is 3. The summed E-state index contributed by atoms with van der Waals surface area (Å²) in [6.45, 7) is 8.49. The molecule has 6 nitrogen and oxygen atoms in total. The number of hydrogen-bond donors (Lipinski definition) is 1. The van der Waals surface area contributed by atoms with E-state index >= 15 is 0 Å². The zero-order valence-electron chi connectivity index (χ0n) is 16.3. The van der Waals surface area contributed by atoms with E-state index in [1.807, 2.05) is 16.9 Å². The van der Waals surface area contributed by atoms with Crippen molar-refractivity contribution in [2.24, 2.45) is 0 Å². The maximum atomic E-state index is 12.0. The van der Waals surface area contributed by atoms with Crippen molar-refractivity contribution in [1.82, 2.24) is 20.0 Å². The van der Waals surface area contributed by atoms with Crippen molar-refractivity contribution in [3.8, 4) is 0 Å². The van der Waals surface area contributed by atoms with Gasteiger partial charge in [-0.15, -0.1) is 0 Å². The Morgan fingerprint density at radius 3 is 2.56 bits per heavy atom. The normalized spacial score (nSPS) is 20.5. The van der Waals surface area contributed by atoms with Crippen LogP contribution >= 0.6 is 0 Å². The number of carbonyl (C=O) groups excluding carboxylic acids is 1. The maximum absolute atomic E-state index is 12.0. The molecule has 0 bridgehead atoms. The van der Waals surface area contributed by atoms with Gasteiger partial charge in [0, 0.05) is 51.5 Å². The number of amides is 1. The van der Waals surface area contributed by atoms with Crippen LogP contribution in [0.5, 0.6) is 0 Å². The van der Waals surface area contributed by atoms with Gasteiger partial charge in [-0.05, 0) is 37.5 Å². The minimum absolute atomic E-state index is 0.0857. The van der Waals surface area contributed by atoms with E-state index in [-0.39, 0.29) is 18.1 Å². The van der Waals surface area contributed by atoms with Crippen LogP contribution in [-0.4, -0.2) is 45.9 Å². The molecule has 0 spiro atoms. The number of carbonyl (C=O) groups is 1. The third-order valence-corrected chi connectivity index (χ3v) is 4.76. The number of morpholine rings is 1. The molecule has 2 aromatic rings. The fourth-order valence-electron chi connectivity index (χ4n) is 3.56. The van der Waals surface area contributed by atoms with Gasteiger partial charge in [0.15, 0.2) is 0 Å². The van der Waals surface area contributed by atoms with Crippen LogP contribution < -0.4 is 5.32 Å². The standard InChI is InChI=1S/C21H30N4O2/c1-17-14-24(15-18(2)27-17)16-20-8-6-19(7-9-20)13-22-21(26)5-3-11-25-12-4-10-23-25/h4,6-10,12,17-18H,3,5,11,13-16H2,1-2H3,(H,22,26). The molecule has 1 N–H and O–H groups in total. The largest absolute Gasteiger partial charge is 0.373 e. The van der Waals surface area contributed by atoms with Crippen molar-refractivity contribution in [1.29, 1.82) is 0 Å². The van der Waals surface area contributed by atoms with Crippen molar-refractivity contribution in [3.63, 3.8) is 0 Å². The highest BCUT2D eigenvalue weighted by molar-refractivity contribution is 5.75. The van der Waals surface area contributed by atoms with Crippen LogP contribution in [0, 0.1) is 0 Å². The first kappa shape index (κ1) is 19.6. The second-order valence-electron chi connectivity index (χ2n) is 7.42. The van der Waals surface area contributed by atoms with E-state index in [1.165, 1.54) is 5.56 Å². The Hall–Kier alpha value is -2.18. The van der Waals surface area contributed by atoms with Crippen molar-refractivity contribution in [2.45, 2.75) is 58.5 Å². The predicted octanol–water partition coefficient (Wildman–Crippen LogP) is 2.59. The zero-order valence-corrected chi connectivity index (χ0v) is 16.3. The molecule has 1 aliphatic heterocycles. The first-order chi connectivity index (χ1) is 13.1. The topological polar surface area (TPSA) is 59.4 Å². The summed E-state index contributed by atoms with van der Waals surface area (Å²) in [4.78, 5) is 14.4. The van der Waals surface area contributed by atoms with Crippen LogP contribution in [-0.2, 0) is 29.2 Å². The van der Waals surface area contributed by atoms with Crippen LogP contribution in [0.3, 0.4) is 0 Å². The number of ether oxygens (including phenoxy) is 1. The number of hydrogen-bond acceptors (Lipinski definition) is 4. The van der Waals surface area contributed by atoms with Gasteiger partial charge in [-0.1, -0.05) is 24.3 Å². The van der Waals surface area contributed by atoms with E-state index in [2.05, 4.69) is 53.4 Å². The summed E-state index contributed by atoms with van der Waals surface area (Å²) < 4.78 is 7.64. The summed E-state index contributed by atoms with van der Waals surface area (Å²) in [7, 11) is 0. The highest BCUT2D eigenvalue weighted by Gasteiger charge is 2.21. The summed E-state index contributed by atoms with van der Waals surface area (Å²) in [6, 6.07) is 10.4. The molecule has 3 rings (SSSR count). The molecular weight excluding hydrogens is 340 g/mol. The molecule has 1 fully saturated rings. The zero-order chi connectivity index (χ0) is 19.1. The Kier molecular flexibility index (Phi) is 7.01. The quantitative estimate of drug-likeness (QED) is 0.776. The molecule has 1 amide bonds. The van der Waals surface area contributed by atoms with Gasteiger partial charge in [0.2, 0.25) is 5.91 Å². The maximum Gasteiger partial charge on any atom is 0.220 e. The molecule has 2 atom stereocenters. The van der Waals surface area contributed by atoms with Crippen LogP contribution in [0.2, 0.25) is 0 Å². The van der Waals surface area contributed by atoms with Gasteiger partial charge in [-0.3, -0.25) is 14.4 Å². The van der Waals surface area contributed by atoms with Crippen molar-refractivity contribution < 1.29 is 9.53 Å². The summed E-state index contributed by atoms with van der Waals surface area (Å²) in [5.74, 6) is 0.0857. The van der Waals surface area contributed by atoms with Crippen LogP contribution in [0.15, 0.2) is 42.7 Å². The molecular formula is C21H30N4O2. The van der Waals surface area contributed by atoms with Gasteiger partial charge in [-0.2, -0.15) is 5.10 Å². The van der Waals surface area contributed by atoms with Crippen molar-refractivity contribution in [2.75, 3.05) is 13.1 Å². The second-order valence-corrected chi connectivity index (χ2v) is 7.42. The van der Waals surface area contributed by atoms with Gasteiger partial charge < -0.3 is 10.1 Å². The van der Waals surface area contributed by atoms with Gasteiger partial charge in [0.25, 0.3) is 0 Å². The predicted molar refractivity (Wildman–Crippen MR) is 105 cm³/mol. The van der Waals surface area contributed by atoms with E-state index in [0.717, 1.165) is 38.2 Å². The third-order valence-electron chi connectivity index (χ3n) is 4.76. The van der Waals surface area contributed by atoms with Crippen molar-refractivity contribution in [3.05, 3.63) is 53.9 Å². The molecule has 146 valence electrons. The Balaban J connectivity index is 1.37. The van der Waals surface area contributed by atoms with Gasteiger partial charge in [0.05, 0.1) is 12.2 Å². The van der Waals surface area contributed by atoms with E-state index in [0.29, 0.717) is 13.0 Å². The lowest BCUT2D eigenvalue weighted by molar-refractivity contribution is -0.121. The Morgan fingerprint density at radius 2 is 1.89 bits per heavy atom. The first-order valence-corrected chi connectivity index (χ1v) is 9.78. The molecule has 1 aromatic carbocycles. The molecule has 2 heterocycles. The number of aromatic nitrogens is 2. The Labute approximate surface area is 161 Å². The average molecular weight is 370 g/mol. The SMILES string of the molecule is CC1CN(Cc2ccc(CNC(=O)CCCn3cccn3)cc2)CC(C)O1. The smallest absolute Gasteiger partial charge is 0.220 e. The lowest BCUT2D eigenvalue weighted by atomic mass is 10.1. The van der Waals surface area contributed by atoms with E-state index in [4.69, 9.17) is 4.74 Å². The molecule has 1 aliphatic rings. The molecule has 2 unspecified atom stereocenters. The number of rotatable bonds is 8. The van der Waals surface area contributed by atoms with Crippen LogP contribution in [0.1, 0.15) is 37.8 Å². The minimum atomic E-state index is 0.0857. The summed E-state index contributed by atoms with van der Waals surface area (Å²) in [5.41, 5.74) is 2.42. The van der Waals surface area contributed by atoms with Crippen molar-refractivity contribution >= 4 is 5.91 Å². The average Bonchev–Trinajstić information content (AvgIpc) is 3.14. The first-order valence-electron chi connectivity index (χ1n) is 9.78. The molecule has 27 heavy (non-hydrogen) atoms. The molecule has 6 heteroatoms. The van der Waals surface area contributed by atoms with E-state index in [9.17, 15) is 4.79 Å². The second kappa shape index (κ2) is 9.67. The van der Waals surface area contributed by atoms with Crippen LogP contribution in [0.25, 0.3) is 0 Å². The molecule has 0 aliphatic carbocycles. The fraction of sp³-hybridized carbons (Fsp3) is 0.524. The molecule has 1 aromatic heterocycles. The summed E-state index contributed by atoms with van der Waals surface area (Å²) in [6.07, 6.45) is 5.56. The monoisotopic (exact) mass is 370 g/mol. The lowest BCUT2D eigenvalue weighted by Gasteiger charge is -2.35. The molecule has 0 radical (unpaired) electrons. The summed E-state index contributed by atoms with van der Waals surface area (Å²) in [5, 5.41) is 7.14. The van der Waals surface area contributed by atoms with Gasteiger partial charge >= 0.3 is 0 Å². The Morgan fingerprint density at radius 1 is 1.19 bits per heavy atom. The van der Waals surface area contributed by atoms with Crippen LogP contribution in [0.4, 0.5) is 0 Å². The lowest BCUT2D eigenvalue weighted by Crippen LogP contribution is -2.44. The fourth-order valence-corrected chi connectivity index (χ4v) is 3.56. The Bertz CT molecular complexity index is 689. The van der Waals surface area contributed by atoms with E-state index in [1.54, 1.807) is 6.20 Å². The highest BCUT2D eigenvalue weighted by atomic mass is 16.5. The van der Waals surface area contributed by atoms with Gasteiger partial charge in [0.1, 0.15) is 0 Å². The number of nitrogens with one attached hydrogen (secondary N) is 1. The molecule has 1 saturated heterocycles. The third kappa shape index (κ3) is 6.48. The number of benzene rings is 1.